The lowest BCUT2D eigenvalue weighted by Gasteiger charge is -2.29. The zero-order chi connectivity index (χ0) is 19.5. The van der Waals surface area contributed by atoms with Crippen LogP contribution in [0.3, 0.4) is 0 Å². The average molecular weight is 384 g/mol. The van der Waals surface area contributed by atoms with Gasteiger partial charge in [0.05, 0.1) is 26.4 Å². The molecule has 2 aliphatic rings. The number of anilines is 1. The first kappa shape index (κ1) is 19.0. The number of carbonyl (C=O) groups excluding carboxylic acids is 1. The number of hydrogen-bond donors (Lipinski definition) is 0. The quantitative estimate of drug-likeness (QED) is 0.790. The number of amides is 1. The summed E-state index contributed by atoms with van der Waals surface area (Å²) in [5.41, 5.74) is 4.93. The lowest BCUT2D eigenvalue weighted by atomic mass is 10.1. The lowest BCUT2D eigenvalue weighted by molar-refractivity contribution is 0.0764. The number of aromatic nitrogens is 2. The maximum atomic E-state index is 13.0. The van der Waals surface area contributed by atoms with Gasteiger partial charge < -0.3 is 19.3 Å². The number of rotatable bonds is 5. The number of aryl methyl sites for hydroxylation is 1. The fraction of sp³-hybridized carbons (Fsp3) is 0.524. The van der Waals surface area contributed by atoms with Crippen molar-refractivity contribution in [1.29, 1.82) is 0 Å². The molecule has 0 radical (unpaired) electrons. The Bertz CT molecular complexity index is 825. The highest BCUT2D eigenvalue weighted by Gasteiger charge is 2.26. The Kier molecular flexibility index (Phi) is 5.64. The Morgan fingerprint density at radius 2 is 1.89 bits per heavy atom. The van der Waals surface area contributed by atoms with Crippen molar-refractivity contribution in [3.05, 3.63) is 46.8 Å². The predicted octanol–water partition coefficient (Wildman–Crippen LogP) is 2.08. The van der Waals surface area contributed by atoms with Crippen molar-refractivity contribution in [1.82, 2.24) is 14.7 Å². The van der Waals surface area contributed by atoms with Crippen molar-refractivity contribution in [2.75, 3.05) is 44.9 Å². The summed E-state index contributed by atoms with van der Waals surface area (Å²) in [4.78, 5) is 17.1. The lowest BCUT2D eigenvalue weighted by Crippen LogP contribution is -2.36. The first-order valence-electron chi connectivity index (χ1n) is 10.0. The van der Waals surface area contributed by atoms with E-state index >= 15 is 0 Å². The summed E-state index contributed by atoms with van der Waals surface area (Å²) in [6.07, 6.45) is 0.816. The Morgan fingerprint density at radius 3 is 2.61 bits per heavy atom. The second-order valence-electron chi connectivity index (χ2n) is 7.32. The minimum absolute atomic E-state index is 0.0498. The Hall–Kier alpha value is -2.38. The second-order valence-corrected chi connectivity index (χ2v) is 7.32. The molecule has 3 heterocycles. The van der Waals surface area contributed by atoms with Crippen molar-refractivity contribution < 1.29 is 14.3 Å². The summed E-state index contributed by atoms with van der Waals surface area (Å²) in [7, 11) is 1.83. The zero-order valence-electron chi connectivity index (χ0n) is 16.7. The summed E-state index contributed by atoms with van der Waals surface area (Å²) in [5, 5.41) is 4.58. The van der Waals surface area contributed by atoms with Gasteiger partial charge in [-0.15, -0.1) is 0 Å². The molecule has 150 valence electrons. The molecule has 0 spiro atoms. The van der Waals surface area contributed by atoms with Gasteiger partial charge in [-0.2, -0.15) is 5.10 Å². The van der Waals surface area contributed by atoms with Gasteiger partial charge >= 0.3 is 0 Å². The summed E-state index contributed by atoms with van der Waals surface area (Å²) in [6.45, 7) is 7.93. The Labute approximate surface area is 165 Å². The fourth-order valence-corrected chi connectivity index (χ4v) is 3.90. The molecule has 0 unspecified atom stereocenters. The molecule has 0 saturated carbocycles. The Balaban J connectivity index is 1.45. The molecule has 1 amide bonds. The van der Waals surface area contributed by atoms with E-state index in [2.05, 4.69) is 41.2 Å². The number of morpholine rings is 1. The van der Waals surface area contributed by atoms with Gasteiger partial charge in [0.2, 0.25) is 0 Å². The zero-order valence-corrected chi connectivity index (χ0v) is 16.7. The number of fused-ring (bicyclic) bond motifs is 1. The van der Waals surface area contributed by atoms with E-state index in [1.165, 1.54) is 5.69 Å². The average Bonchev–Trinajstić information content (AvgIpc) is 3.13. The first-order chi connectivity index (χ1) is 13.7. The fourth-order valence-electron chi connectivity index (χ4n) is 3.90. The predicted molar refractivity (Wildman–Crippen MR) is 107 cm³/mol. The molecule has 1 aromatic carbocycles. The standard InChI is InChI=1S/C21H28N4O3/c1-3-25-19-8-11-28-15-18(19)20(22-25)21(26)23(2)14-16-4-6-17(7-5-16)24-9-12-27-13-10-24/h4-7H,3,8-15H2,1-2H3. The summed E-state index contributed by atoms with van der Waals surface area (Å²) in [6, 6.07) is 8.44. The molecular formula is C21H28N4O3. The van der Waals surface area contributed by atoms with Crippen LogP contribution in [0, 0.1) is 0 Å². The molecule has 1 aromatic heterocycles. The SMILES string of the molecule is CCn1nc(C(=O)N(C)Cc2ccc(N3CCOCC3)cc2)c2c1CCOC2. The molecule has 7 heteroatoms. The molecule has 2 aromatic rings. The molecule has 7 nitrogen and oxygen atoms in total. The number of hydrogen-bond acceptors (Lipinski definition) is 5. The van der Waals surface area contributed by atoms with Crippen LogP contribution in [-0.2, 0) is 35.6 Å². The van der Waals surface area contributed by atoms with Crippen LogP contribution in [0.15, 0.2) is 24.3 Å². The maximum absolute atomic E-state index is 13.0. The molecule has 28 heavy (non-hydrogen) atoms. The van der Waals surface area contributed by atoms with E-state index < -0.39 is 0 Å². The third kappa shape index (κ3) is 3.77. The third-order valence-corrected chi connectivity index (χ3v) is 5.48. The number of nitrogens with zero attached hydrogens (tertiary/aromatic N) is 4. The number of carbonyl (C=O) groups is 1. The second kappa shape index (κ2) is 8.32. The van der Waals surface area contributed by atoms with Gasteiger partial charge in [-0.05, 0) is 24.6 Å². The van der Waals surface area contributed by atoms with E-state index in [1.54, 1.807) is 4.90 Å². The van der Waals surface area contributed by atoms with Crippen molar-refractivity contribution in [3.8, 4) is 0 Å². The van der Waals surface area contributed by atoms with Crippen molar-refractivity contribution in [3.63, 3.8) is 0 Å². The van der Waals surface area contributed by atoms with Gasteiger partial charge in [0.25, 0.3) is 5.91 Å². The van der Waals surface area contributed by atoms with Gasteiger partial charge in [0, 0.05) is 56.6 Å². The molecule has 0 aliphatic carbocycles. The van der Waals surface area contributed by atoms with Crippen molar-refractivity contribution in [2.45, 2.75) is 33.0 Å². The highest BCUT2D eigenvalue weighted by atomic mass is 16.5. The van der Waals surface area contributed by atoms with Gasteiger partial charge in [0.15, 0.2) is 5.69 Å². The van der Waals surface area contributed by atoms with Crippen LogP contribution in [0.4, 0.5) is 5.69 Å². The normalized spacial score (nSPS) is 16.7. The molecule has 0 N–H and O–H groups in total. The van der Waals surface area contributed by atoms with Crippen LogP contribution in [0.25, 0.3) is 0 Å². The van der Waals surface area contributed by atoms with Gasteiger partial charge in [-0.3, -0.25) is 9.48 Å². The van der Waals surface area contributed by atoms with Crippen LogP contribution in [-0.4, -0.2) is 60.5 Å². The van der Waals surface area contributed by atoms with E-state index in [1.807, 2.05) is 11.7 Å². The number of ether oxygens (including phenoxy) is 2. The number of benzene rings is 1. The van der Waals surface area contributed by atoms with E-state index in [0.717, 1.165) is 56.1 Å². The molecular weight excluding hydrogens is 356 g/mol. The highest BCUT2D eigenvalue weighted by Crippen LogP contribution is 2.23. The molecule has 1 fully saturated rings. The van der Waals surface area contributed by atoms with E-state index in [-0.39, 0.29) is 5.91 Å². The maximum Gasteiger partial charge on any atom is 0.274 e. The molecule has 1 saturated heterocycles. The molecule has 0 bridgehead atoms. The topological polar surface area (TPSA) is 59.8 Å². The monoisotopic (exact) mass is 384 g/mol. The van der Waals surface area contributed by atoms with Gasteiger partial charge in [-0.25, -0.2) is 0 Å². The summed E-state index contributed by atoms with van der Waals surface area (Å²) >= 11 is 0. The van der Waals surface area contributed by atoms with E-state index in [0.29, 0.717) is 25.5 Å². The highest BCUT2D eigenvalue weighted by molar-refractivity contribution is 5.93. The van der Waals surface area contributed by atoms with Crippen LogP contribution in [0.1, 0.15) is 34.2 Å². The van der Waals surface area contributed by atoms with Gasteiger partial charge in [0.1, 0.15) is 0 Å². The van der Waals surface area contributed by atoms with E-state index in [4.69, 9.17) is 9.47 Å². The largest absolute Gasteiger partial charge is 0.378 e. The van der Waals surface area contributed by atoms with E-state index in [9.17, 15) is 4.79 Å². The van der Waals surface area contributed by atoms with Crippen LogP contribution in [0.5, 0.6) is 0 Å². The minimum Gasteiger partial charge on any atom is -0.378 e. The minimum atomic E-state index is -0.0498. The third-order valence-electron chi connectivity index (χ3n) is 5.48. The van der Waals surface area contributed by atoms with Gasteiger partial charge in [-0.1, -0.05) is 12.1 Å². The van der Waals surface area contributed by atoms with Crippen LogP contribution < -0.4 is 4.90 Å². The summed E-state index contributed by atoms with van der Waals surface area (Å²) < 4.78 is 12.9. The first-order valence-corrected chi connectivity index (χ1v) is 10.0. The van der Waals surface area contributed by atoms with Crippen molar-refractivity contribution >= 4 is 11.6 Å². The van der Waals surface area contributed by atoms with Crippen molar-refractivity contribution in [2.24, 2.45) is 0 Å². The van der Waals surface area contributed by atoms with Crippen LogP contribution in [0.2, 0.25) is 0 Å². The molecule has 4 rings (SSSR count). The molecule has 0 atom stereocenters. The smallest absolute Gasteiger partial charge is 0.274 e. The summed E-state index contributed by atoms with van der Waals surface area (Å²) in [5.74, 6) is -0.0498. The molecule has 2 aliphatic heterocycles. The Morgan fingerprint density at radius 1 is 1.14 bits per heavy atom. The van der Waals surface area contributed by atoms with Crippen LogP contribution >= 0.6 is 0 Å².